The summed E-state index contributed by atoms with van der Waals surface area (Å²) in [6, 6.07) is 19.4. The van der Waals surface area contributed by atoms with E-state index in [1.165, 1.54) is 5.56 Å². The maximum absolute atomic E-state index is 12.7. The van der Waals surface area contributed by atoms with Crippen LogP contribution in [0.5, 0.6) is 0 Å². The van der Waals surface area contributed by atoms with Crippen LogP contribution in [0.3, 0.4) is 0 Å². The molecule has 1 aliphatic heterocycles. The number of nitrogens with zero attached hydrogens (tertiary/aromatic N) is 2. The van der Waals surface area contributed by atoms with Crippen molar-refractivity contribution in [1.82, 2.24) is 9.21 Å². The van der Waals surface area contributed by atoms with Gasteiger partial charge in [-0.25, -0.2) is 12.7 Å². The van der Waals surface area contributed by atoms with E-state index in [-0.39, 0.29) is 17.8 Å². The average Bonchev–Trinajstić information content (AvgIpc) is 2.64. The lowest BCUT2D eigenvalue weighted by Gasteiger charge is -2.43. The van der Waals surface area contributed by atoms with Crippen LogP contribution in [0.15, 0.2) is 65.6 Å². The lowest BCUT2D eigenvalue weighted by Crippen LogP contribution is -2.52. The molecule has 2 atom stereocenters. The van der Waals surface area contributed by atoms with E-state index < -0.39 is 9.84 Å². The van der Waals surface area contributed by atoms with E-state index >= 15 is 0 Å². The summed E-state index contributed by atoms with van der Waals surface area (Å²) < 4.78 is 27.8. The summed E-state index contributed by atoms with van der Waals surface area (Å²) in [5, 5.41) is 0. The zero-order chi connectivity index (χ0) is 17.9. The molecule has 134 valence electrons. The van der Waals surface area contributed by atoms with Gasteiger partial charge in [-0.05, 0) is 33.9 Å². The second-order valence-corrected chi connectivity index (χ2v) is 10.1. The van der Waals surface area contributed by atoms with Gasteiger partial charge in [0.1, 0.15) is 0 Å². The van der Waals surface area contributed by atoms with Gasteiger partial charge in [0, 0.05) is 40.3 Å². The van der Waals surface area contributed by atoms with Gasteiger partial charge in [0.25, 0.3) is 0 Å². The predicted octanol–water partition coefficient (Wildman–Crippen LogP) is 3.82. The molecule has 0 bridgehead atoms. The average molecular weight is 488 g/mol. The van der Waals surface area contributed by atoms with Crippen molar-refractivity contribution in [3.63, 3.8) is 0 Å². The lowest BCUT2D eigenvalue weighted by molar-refractivity contribution is 0.121. The van der Waals surface area contributed by atoms with Crippen molar-refractivity contribution < 1.29 is 8.42 Å². The Kier molecular flexibility index (Phi) is 6.43. The molecule has 0 unspecified atom stereocenters. The Morgan fingerprint density at radius 3 is 2.24 bits per heavy atom. The third-order valence-electron chi connectivity index (χ3n) is 4.61. The second kappa shape index (κ2) is 8.39. The largest absolute Gasteiger partial charge is 0.299 e. The molecule has 25 heavy (non-hydrogen) atoms. The van der Waals surface area contributed by atoms with Crippen molar-refractivity contribution in [2.75, 3.05) is 25.9 Å². The van der Waals surface area contributed by atoms with Crippen LogP contribution in [-0.4, -0.2) is 49.6 Å². The highest BCUT2D eigenvalue weighted by atomic mass is 127. The fourth-order valence-electron chi connectivity index (χ4n) is 3.17. The lowest BCUT2D eigenvalue weighted by atomic mass is 10.0. The Morgan fingerprint density at radius 2 is 1.64 bits per heavy atom. The number of benzene rings is 2. The maximum atomic E-state index is 12.7. The molecule has 1 saturated heterocycles. The monoisotopic (exact) mass is 488 g/mol. The molecule has 0 radical (unpaired) electrons. The number of halogens is 1. The van der Waals surface area contributed by atoms with Crippen LogP contribution in [0.1, 0.15) is 11.6 Å². The van der Waals surface area contributed by atoms with Crippen LogP contribution in [0, 0.1) is 0 Å². The Morgan fingerprint density at radius 1 is 1.04 bits per heavy atom. The molecule has 0 aromatic heterocycles. The maximum Gasteiger partial charge on any atom is 0.179 e. The standard InChI is InChI=1S/C18H21IN2O2S2/c1-20-13-18(15-8-4-2-5-9-15)21(24-19)12-16(20)14-25(22,23)17-10-6-3-7-11-17/h2-11,16,18H,12-14H2,1H3/t16-,18-/m1/s1. The number of hydrogen-bond acceptors (Lipinski definition) is 5. The molecule has 3 rings (SSSR count). The molecule has 0 N–H and O–H groups in total. The molecule has 1 fully saturated rings. The van der Waals surface area contributed by atoms with Gasteiger partial charge in [-0.15, -0.1) is 0 Å². The molecule has 7 heteroatoms. The van der Waals surface area contributed by atoms with Crippen molar-refractivity contribution in [1.29, 1.82) is 0 Å². The van der Waals surface area contributed by atoms with Gasteiger partial charge >= 0.3 is 0 Å². The third-order valence-corrected chi connectivity index (χ3v) is 8.52. The zero-order valence-corrected chi connectivity index (χ0v) is 17.7. The first-order chi connectivity index (χ1) is 12.0. The van der Waals surface area contributed by atoms with Crippen LogP contribution in [-0.2, 0) is 9.84 Å². The van der Waals surface area contributed by atoms with E-state index in [1.807, 2.05) is 19.2 Å². The van der Waals surface area contributed by atoms with Crippen LogP contribution in [0.4, 0.5) is 0 Å². The highest BCUT2D eigenvalue weighted by molar-refractivity contribution is 14.2. The smallest absolute Gasteiger partial charge is 0.179 e. The van der Waals surface area contributed by atoms with Crippen molar-refractivity contribution in [2.45, 2.75) is 17.0 Å². The van der Waals surface area contributed by atoms with E-state index in [0.29, 0.717) is 4.90 Å². The van der Waals surface area contributed by atoms with Crippen LogP contribution < -0.4 is 0 Å². The summed E-state index contributed by atoms with van der Waals surface area (Å²) in [6.45, 7) is 1.53. The van der Waals surface area contributed by atoms with Crippen LogP contribution in [0.25, 0.3) is 0 Å². The highest BCUT2D eigenvalue weighted by Crippen LogP contribution is 2.36. The summed E-state index contributed by atoms with van der Waals surface area (Å²) in [6.07, 6.45) is 0. The topological polar surface area (TPSA) is 40.6 Å². The van der Waals surface area contributed by atoms with Crippen molar-refractivity contribution in [3.8, 4) is 0 Å². The molecule has 2 aromatic rings. The van der Waals surface area contributed by atoms with E-state index in [4.69, 9.17) is 0 Å². The number of likely N-dealkylation sites (N-methyl/N-ethyl adjacent to an activating group) is 1. The molecule has 0 spiro atoms. The number of piperazine rings is 1. The van der Waals surface area contributed by atoms with Crippen molar-refractivity contribution in [3.05, 3.63) is 66.2 Å². The van der Waals surface area contributed by atoms with E-state index in [2.05, 4.69) is 54.7 Å². The molecular formula is C18H21IN2O2S2. The Hall–Kier alpha value is -0.610. The molecule has 1 heterocycles. The number of hydrogen-bond donors (Lipinski definition) is 0. The van der Waals surface area contributed by atoms with E-state index in [9.17, 15) is 8.42 Å². The fourth-order valence-corrected chi connectivity index (χ4v) is 6.62. The molecule has 1 aliphatic rings. The minimum absolute atomic E-state index is 0.0209. The Balaban J connectivity index is 1.77. The number of sulfone groups is 1. The normalized spacial score (nSPS) is 22.8. The third kappa shape index (κ3) is 4.57. The second-order valence-electron chi connectivity index (χ2n) is 6.28. The fraction of sp³-hybridized carbons (Fsp3) is 0.333. The first-order valence-corrected chi connectivity index (χ1v) is 13.1. The quantitative estimate of drug-likeness (QED) is 0.473. The molecule has 2 aromatic carbocycles. The summed E-state index contributed by atoms with van der Waals surface area (Å²) >= 11 is 2.29. The van der Waals surface area contributed by atoms with Crippen LogP contribution in [0.2, 0.25) is 0 Å². The number of rotatable bonds is 5. The zero-order valence-electron chi connectivity index (χ0n) is 14.0. The SMILES string of the molecule is CN1C[C@H](c2ccccc2)N(SI)C[C@@H]1CS(=O)(=O)c1ccccc1. The summed E-state index contributed by atoms with van der Waals surface area (Å²) in [4.78, 5) is 2.59. The van der Waals surface area contributed by atoms with Gasteiger partial charge in [0.15, 0.2) is 9.84 Å². The highest BCUT2D eigenvalue weighted by Gasteiger charge is 2.35. The molecular weight excluding hydrogens is 467 g/mol. The summed E-state index contributed by atoms with van der Waals surface area (Å²) in [7, 11) is 0.396. The van der Waals surface area contributed by atoms with Crippen molar-refractivity contribution >= 4 is 40.2 Å². The molecule has 4 nitrogen and oxygen atoms in total. The molecule has 0 saturated carbocycles. The Bertz CT molecular complexity index is 787. The molecule has 0 amide bonds. The van der Waals surface area contributed by atoms with E-state index in [0.717, 1.165) is 13.1 Å². The molecule has 0 aliphatic carbocycles. The first kappa shape index (κ1) is 19.2. The van der Waals surface area contributed by atoms with Gasteiger partial charge in [-0.3, -0.25) is 4.90 Å². The van der Waals surface area contributed by atoms with Gasteiger partial charge in [-0.1, -0.05) is 48.5 Å². The van der Waals surface area contributed by atoms with Gasteiger partial charge < -0.3 is 0 Å². The minimum Gasteiger partial charge on any atom is -0.299 e. The van der Waals surface area contributed by atoms with Gasteiger partial charge in [0.2, 0.25) is 0 Å². The van der Waals surface area contributed by atoms with Gasteiger partial charge in [0.05, 0.1) is 16.7 Å². The minimum atomic E-state index is -3.29. The van der Waals surface area contributed by atoms with E-state index in [1.54, 1.807) is 33.4 Å². The summed E-state index contributed by atoms with van der Waals surface area (Å²) in [5.41, 5.74) is 1.27. The first-order valence-electron chi connectivity index (χ1n) is 8.09. The van der Waals surface area contributed by atoms with Gasteiger partial charge in [-0.2, -0.15) is 0 Å². The Labute approximate surface area is 166 Å². The summed E-state index contributed by atoms with van der Waals surface area (Å²) in [5.74, 6) is 0.142. The van der Waals surface area contributed by atoms with Crippen LogP contribution >= 0.6 is 30.3 Å². The van der Waals surface area contributed by atoms with Crippen molar-refractivity contribution in [2.24, 2.45) is 0 Å². The predicted molar refractivity (Wildman–Crippen MR) is 112 cm³/mol.